The number of fused-ring (bicyclic) bond motifs is 1. The smallest absolute Gasteiger partial charge is 0.323 e. The second kappa shape index (κ2) is 14.5. The predicted molar refractivity (Wildman–Crippen MR) is 176 cm³/mol. The van der Waals surface area contributed by atoms with Gasteiger partial charge in [0.2, 0.25) is 17.2 Å². The van der Waals surface area contributed by atoms with Crippen LogP contribution in [0, 0.1) is 5.92 Å². The van der Waals surface area contributed by atoms with Crippen molar-refractivity contribution in [3.05, 3.63) is 46.5 Å². The fourth-order valence-corrected chi connectivity index (χ4v) is 6.43. The van der Waals surface area contributed by atoms with E-state index in [0.29, 0.717) is 30.2 Å². The van der Waals surface area contributed by atoms with Gasteiger partial charge >= 0.3 is 6.03 Å². The molecule has 2 aliphatic carbocycles. The highest BCUT2D eigenvalue weighted by Crippen LogP contribution is 2.38. The van der Waals surface area contributed by atoms with Gasteiger partial charge in [-0.05, 0) is 84.7 Å². The van der Waals surface area contributed by atoms with Crippen molar-refractivity contribution in [3.8, 4) is 11.5 Å². The highest BCUT2D eigenvalue weighted by Gasteiger charge is 2.30. The third kappa shape index (κ3) is 8.75. The van der Waals surface area contributed by atoms with Gasteiger partial charge in [0.25, 0.3) is 0 Å². The zero-order valence-corrected chi connectivity index (χ0v) is 27.7. The number of hydrogen-bond donors (Lipinski definition) is 4. The fraction of sp³-hybridized carbons (Fsp3) is 0.576. The molecule has 45 heavy (non-hydrogen) atoms. The minimum absolute atomic E-state index is 0.0939. The van der Waals surface area contributed by atoms with E-state index in [1.807, 2.05) is 29.2 Å². The van der Waals surface area contributed by atoms with Gasteiger partial charge in [-0.25, -0.2) is 13.7 Å². The minimum atomic E-state index is -2.19. The van der Waals surface area contributed by atoms with E-state index < -0.39 is 17.3 Å². The van der Waals surface area contributed by atoms with Crippen LogP contribution in [0.2, 0.25) is 0 Å². The molecule has 0 aromatic heterocycles. The lowest BCUT2D eigenvalue weighted by Crippen LogP contribution is -2.51. The van der Waals surface area contributed by atoms with Gasteiger partial charge in [0.05, 0.1) is 25.9 Å². The topological polar surface area (TPSA) is 132 Å². The number of urea groups is 1. The molecule has 2 aromatic rings. The van der Waals surface area contributed by atoms with Crippen LogP contribution in [0.1, 0.15) is 68.7 Å². The molecule has 0 bridgehead atoms. The van der Waals surface area contributed by atoms with Gasteiger partial charge in [-0.2, -0.15) is 0 Å². The first-order valence-corrected chi connectivity index (χ1v) is 17.0. The maximum atomic E-state index is 13.3. The zero-order valence-electron chi connectivity index (χ0n) is 26.9. The van der Waals surface area contributed by atoms with Crippen LogP contribution >= 0.6 is 0 Å². The van der Waals surface area contributed by atoms with E-state index in [9.17, 15) is 18.4 Å². The molecule has 3 aliphatic rings. The van der Waals surface area contributed by atoms with Gasteiger partial charge in [-0.1, -0.05) is 26.8 Å². The number of carbonyl (C=O) groups excluding carboxylic acids is 2. The lowest BCUT2D eigenvalue weighted by molar-refractivity contribution is -0.136. The molecule has 12 heteroatoms. The van der Waals surface area contributed by atoms with E-state index in [-0.39, 0.29) is 17.9 Å². The summed E-state index contributed by atoms with van der Waals surface area (Å²) in [6, 6.07) is 7.22. The van der Waals surface area contributed by atoms with Gasteiger partial charge in [-0.3, -0.25) is 14.2 Å². The molecule has 0 spiro atoms. The third-order valence-corrected chi connectivity index (χ3v) is 9.20. The molecule has 1 aliphatic heterocycles. The van der Waals surface area contributed by atoms with Crippen molar-refractivity contribution in [1.82, 2.24) is 14.5 Å². The van der Waals surface area contributed by atoms with Crippen LogP contribution in [0.3, 0.4) is 0 Å². The standard InChI is InChI=1S/C33H47N5O6S/c1-33(2,3)24-17-23(19-34-45(41)42)31(43-4)28(18-24)36-32(40)35-27-11-12-29(26-8-5-7-25(26)27)44-16-6-13-37-14-15-38(30(39)21-37)20-22-9-10-22/h11-12,17-18,22,34H,5-10,13-16,19-21H2,1-4H3,(H,41,42)(H2,35,36,40). The summed E-state index contributed by atoms with van der Waals surface area (Å²) in [5.41, 5.74) is 4.82. The Morgan fingerprint density at radius 1 is 1.09 bits per heavy atom. The number of methoxy groups -OCH3 is 1. The normalized spacial score (nSPS) is 17.6. The molecule has 2 aromatic carbocycles. The summed E-state index contributed by atoms with van der Waals surface area (Å²) in [6.45, 7) is 10.9. The summed E-state index contributed by atoms with van der Waals surface area (Å²) in [4.78, 5) is 30.0. The van der Waals surface area contributed by atoms with Crippen molar-refractivity contribution in [2.45, 2.75) is 71.3 Å². The Balaban J connectivity index is 1.19. The van der Waals surface area contributed by atoms with Crippen LogP contribution < -0.4 is 24.8 Å². The number of benzene rings is 2. The molecule has 5 rings (SSSR count). The molecule has 1 heterocycles. The van der Waals surface area contributed by atoms with E-state index in [4.69, 9.17) is 9.47 Å². The maximum absolute atomic E-state index is 13.3. The van der Waals surface area contributed by atoms with Crippen LogP contribution in [-0.4, -0.2) is 76.9 Å². The Bertz CT molecular complexity index is 1420. The van der Waals surface area contributed by atoms with Gasteiger partial charge in [-0.15, -0.1) is 0 Å². The first-order valence-electron chi connectivity index (χ1n) is 15.9. The van der Waals surface area contributed by atoms with Crippen molar-refractivity contribution in [1.29, 1.82) is 0 Å². The molecule has 1 saturated heterocycles. The first kappa shape index (κ1) is 33.2. The van der Waals surface area contributed by atoms with Gasteiger partial charge < -0.3 is 25.0 Å². The predicted octanol–water partition coefficient (Wildman–Crippen LogP) is 4.67. The Morgan fingerprint density at radius 2 is 1.84 bits per heavy atom. The number of amides is 3. The first-order chi connectivity index (χ1) is 21.5. The van der Waals surface area contributed by atoms with E-state index in [1.165, 1.54) is 20.0 Å². The Morgan fingerprint density at radius 3 is 2.53 bits per heavy atom. The molecule has 1 atom stereocenters. The van der Waals surface area contributed by atoms with Crippen molar-refractivity contribution in [3.63, 3.8) is 0 Å². The van der Waals surface area contributed by atoms with Crippen LogP contribution in [0.5, 0.6) is 11.5 Å². The number of ether oxygens (including phenoxy) is 2. The minimum Gasteiger partial charge on any atom is -0.494 e. The Labute approximate surface area is 268 Å². The SMILES string of the molecule is COc1c(CNS(=O)O)cc(C(C)(C)C)cc1NC(=O)Nc1ccc(OCCCN2CCN(CC3CC3)C(=O)C2)c2c1CCC2. The molecule has 11 nitrogen and oxygen atoms in total. The Hall–Kier alpha value is -3.19. The van der Waals surface area contributed by atoms with Gasteiger partial charge in [0.15, 0.2) is 0 Å². The molecule has 4 N–H and O–H groups in total. The average Bonchev–Trinajstić information content (AvgIpc) is 3.66. The summed E-state index contributed by atoms with van der Waals surface area (Å²) in [6.07, 6.45) is 6.10. The van der Waals surface area contributed by atoms with Crippen LogP contribution in [-0.2, 0) is 40.9 Å². The average molecular weight is 642 g/mol. The largest absolute Gasteiger partial charge is 0.494 e. The Kier molecular flexibility index (Phi) is 10.7. The number of anilines is 2. The number of rotatable bonds is 13. The fourth-order valence-electron chi connectivity index (χ4n) is 6.15. The number of nitrogens with one attached hydrogen (secondary N) is 3. The summed E-state index contributed by atoms with van der Waals surface area (Å²) in [5.74, 6) is 2.26. The molecular formula is C33H47N5O6S. The van der Waals surface area contributed by atoms with Crippen LogP contribution in [0.4, 0.5) is 16.2 Å². The molecule has 1 unspecified atom stereocenters. The highest BCUT2D eigenvalue weighted by atomic mass is 32.2. The molecule has 0 radical (unpaired) electrons. The summed E-state index contributed by atoms with van der Waals surface area (Å²) in [5, 5.41) is 5.97. The van der Waals surface area contributed by atoms with Crippen LogP contribution in [0.15, 0.2) is 24.3 Å². The lowest BCUT2D eigenvalue weighted by atomic mass is 9.85. The number of carbonyl (C=O) groups is 2. The second-order valence-electron chi connectivity index (χ2n) is 13.3. The van der Waals surface area contributed by atoms with Gasteiger partial charge in [0, 0.05) is 44.0 Å². The number of piperazine rings is 1. The maximum Gasteiger partial charge on any atom is 0.323 e. The van der Waals surface area contributed by atoms with E-state index in [1.54, 1.807) is 0 Å². The van der Waals surface area contributed by atoms with Crippen molar-refractivity contribution in [2.75, 3.05) is 57.1 Å². The number of nitrogens with zero attached hydrogens (tertiary/aromatic N) is 2. The highest BCUT2D eigenvalue weighted by molar-refractivity contribution is 7.77. The quantitative estimate of drug-likeness (QED) is 0.185. The van der Waals surface area contributed by atoms with Crippen molar-refractivity contribution in [2.24, 2.45) is 5.92 Å². The second-order valence-corrected chi connectivity index (χ2v) is 14.1. The van der Waals surface area contributed by atoms with Gasteiger partial charge in [0.1, 0.15) is 11.5 Å². The zero-order chi connectivity index (χ0) is 32.1. The summed E-state index contributed by atoms with van der Waals surface area (Å²) >= 11 is -2.19. The lowest BCUT2D eigenvalue weighted by Gasteiger charge is -2.34. The van der Waals surface area contributed by atoms with Crippen LogP contribution in [0.25, 0.3) is 0 Å². The van der Waals surface area contributed by atoms with E-state index in [2.05, 4.69) is 41.0 Å². The van der Waals surface area contributed by atoms with E-state index >= 15 is 0 Å². The molecule has 246 valence electrons. The summed E-state index contributed by atoms with van der Waals surface area (Å²) < 4.78 is 34.9. The molecule has 1 saturated carbocycles. The van der Waals surface area contributed by atoms with Crippen molar-refractivity contribution >= 4 is 34.6 Å². The summed E-state index contributed by atoms with van der Waals surface area (Å²) in [7, 11) is 1.51. The van der Waals surface area contributed by atoms with E-state index in [0.717, 1.165) is 85.9 Å². The molecular weight excluding hydrogens is 594 g/mol. The number of hydrogen-bond acceptors (Lipinski definition) is 6. The monoisotopic (exact) mass is 641 g/mol. The van der Waals surface area contributed by atoms with Crippen molar-refractivity contribution < 1.29 is 27.8 Å². The molecule has 3 amide bonds. The molecule has 2 fully saturated rings. The third-order valence-electron chi connectivity index (χ3n) is 8.81.